The maximum absolute atomic E-state index is 4.02. The summed E-state index contributed by atoms with van der Waals surface area (Å²) in [4.78, 5) is 3.82. The van der Waals surface area contributed by atoms with Gasteiger partial charge in [-0.1, -0.05) is 24.3 Å². The van der Waals surface area contributed by atoms with Crippen molar-refractivity contribution in [1.29, 1.82) is 0 Å². The molecule has 0 unspecified atom stereocenters. The molecule has 0 bridgehead atoms. The smallest absolute Gasteiger partial charge is 0.0859 e. The molecule has 1 rings (SSSR count). The van der Waals surface area contributed by atoms with E-state index in [1.165, 1.54) is 24.0 Å². The van der Waals surface area contributed by atoms with Gasteiger partial charge in [0.15, 0.2) is 0 Å². The normalized spacial score (nSPS) is 18.0. The second-order valence-electron chi connectivity index (χ2n) is 3.62. The molecule has 0 spiro atoms. The number of nitrogens with zero attached hydrogens (tertiary/aromatic N) is 1. The number of hydrogen-bond acceptors (Lipinski definition) is 1. The minimum atomic E-state index is 0.754. The molecule has 1 aliphatic carbocycles. The Labute approximate surface area is 86.1 Å². The summed E-state index contributed by atoms with van der Waals surface area (Å²) in [5, 5.41) is 2.97. The first kappa shape index (κ1) is 10.8. The van der Waals surface area contributed by atoms with E-state index in [2.05, 4.69) is 29.0 Å². The highest BCUT2D eigenvalue weighted by Crippen LogP contribution is 2.36. The lowest BCUT2D eigenvalue weighted by molar-refractivity contribution is 1.06. The van der Waals surface area contributed by atoms with Gasteiger partial charge in [0.1, 0.15) is 0 Å². The summed E-state index contributed by atoms with van der Waals surface area (Å²) >= 11 is 0. The van der Waals surface area contributed by atoms with Crippen molar-refractivity contribution in [2.24, 2.45) is 10.9 Å². The van der Waals surface area contributed by atoms with E-state index in [1.807, 2.05) is 13.1 Å². The Morgan fingerprint density at radius 3 is 2.71 bits per heavy atom. The highest BCUT2D eigenvalue weighted by atomic mass is 14.9. The summed E-state index contributed by atoms with van der Waals surface area (Å²) in [6.07, 6.45) is 10.4. The Hall–Kier alpha value is -1.31. The molecule has 1 saturated carbocycles. The van der Waals surface area contributed by atoms with Crippen LogP contribution in [0.3, 0.4) is 0 Å². The molecule has 0 heterocycles. The first-order valence-electron chi connectivity index (χ1n) is 4.94. The van der Waals surface area contributed by atoms with Crippen LogP contribution in [0.5, 0.6) is 0 Å². The van der Waals surface area contributed by atoms with Crippen LogP contribution in [0.1, 0.15) is 19.8 Å². The van der Waals surface area contributed by atoms with Gasteiger partial charge in [0, 0.05) is 13.2 Å². The van der Waals surface area contributed by atoms with Gasteiger partial charge in [-0.2, -0.15) is 0 Å². The fourth-order valence-electron chi connectivity index (χ4n) is 1.12. The summed E-state index contributed by atoms with van der Waals surface area (Å²) in [6, 6.07) is 0. The molecule has 2 nitrogen and oxygen atoms in total. The Balaban J connectivity index is 2.33. The Kier molecular flexibility index (Phi) is 4.17. The Bertz CT molecular complexity index is 281. The minimum Gasteiger partial charge on any atom is -0.353 e. The summed E-state index contributed by atoms with van der Waals surface area (Å²) in [6.45, 7) is 6.07. The van der Waals surface area contributed by atoms with Crippen molar-refractivity contribution in [3.05, 3.63) is 36.1 Å². The molecule has 1 N–H and O–H groups in total. The number of nitrogens with one attached hydrogen (secondary N) is 1. The summed E-state index contributed by atoms with van der Waals surface area (Å²) < 4.78 is 0. The molecule has 0 aromatic heterocycles. The van der Waals surface area contributed by atoms with Crippen LogP contribution < -0.4 is 5.32 Å². The van der Waals surface area contributed by atoms with Crippen molar-refractivity contribution >= 4 is 6.34 Å². The molecule has 0 amide bonds. The van der Waals surface area contributed by atoms with Gasteiger partial charge in [-0.05, 0) is 31.3 Å². The molecule has 0 aromatic carbocycles. The highest BCUT2D eigenvalue weighted by molar-refractivity contribution is 5.55. The predicted molar refractivity (Wildman–Crippen MR) is 62.3 cm³/mol. The zero-order valence-electron chi connectivity index (χ0n) is 8.96. The molecule has 0 aromatic rings. The van der Waals surface area contributed by atoms with Crippen LogP contribution in [0, 0.1) is 5.92 Å². The lowest BCUT2D eigenvalue weighted by Crippen LogP contribution is -2.00. The van der Waals surface area contributed by atoms with Gasteiger partial charge >= 0.3 is 0 Å². The molecule has 76 valence electrons. The van der Waals surface area contributed by atoms with Gasteiger partial charge in [-0.15, -0.1) is 0 Å². The van der Waals surface area contributed by atoms with Crippen LogP contribution in [-0.2, 0) is 0 Å². The molecule has 0 aliphatic heterocycles. The number of allylic oxidation sites excluding steroid dienone is 4. The Morgan fingerprint density at radius 2 is 2.14 bits per heavy atom. The molecule has 0 saturated heterocycles. The van der Waals surface area contributed by atoms with Crippen LogP contribution in [0.4, 0.5) is 0 Å². The zero-order valence-corrected chi connectivity index (χ0v) is 8.96. The van der Waals surface area contributed by atoms with Gasteiger partial charge in [0.2, 0.25) is 0 Å². The van der Waals surface area contributed by atoms with E-state index in [0.717, 1.165) is 5.92 Å². The summed E-state index contributed by atoms with van der Waals surface area (Å²) in [7, 11) is 1.74. The Morgan fingerprint density at radius 1 is 1.43 bits per heavy atom. The quantitative estimate of drug-likeness (QED) is 0.402. The predicted octanol–water partition coefficient (Wildman–Crippen LogP) is 2.66. The van der Waals surface area contributed by atoms with Gasteiger partial charge in [0.25, 0.3) is 0 Å². The molecule has 1 fully saturated rings. The van der Waals surface area contributed by atoms with Crippen molar-refractivity contribution in [1.82, 2.24) is 5.32 Å². The molecular weight excluding hydrogens is 172 g/mol. The van der Waals surface area contributed by atoms with Crippen molar-refractivity contribution in [2.45, 2.75) is 19.8 Å². The van der Waals surface area contributed by atoms with Crippen LogP contribution in [0.15, 0.2) is 41.1 Å². The van der Waals surface area contributed by atoms with Crippen LogP contribution in [0.25, 0.3) is 0 Å². The molecule has 14 heavy (non-hydrogen) atoms. The first-order valence-corrected chi connectivity index (χ1v) is 4.94. The highest BCUT2D eigenvalue weighted by Gasteiger charge is 2.22. The summed E-state index contributed by atoms with van der Waals surface area (Å²) in [5.74, 6) is 0.754. The van der Waals surface area contributed by atoms with Crippen LogP contribution >= 0.6 is 0 Å². The third-order valence-electron chi connectivity index (χ3n) is 2.18. The van der Waals surface area contributed by atoms with Crippen molar-refractivity contribution < 1.29 is 0 Å². The van der Waals surface area contributed by atoms with Crippen molar-refractivity contribution in [3.8, 4) is 0 Å². The largest absolute Gasteiger partial charge is 0.353 e. The van der Waals surface area contributed by atoms with E-state index in [4.69, 9.17) is 0 Å². The third kappa shape index (κ3) is 4.08. The van der Waals surface area contributed by atoms with Gasteiger partial charge in [-0.3, -0.25) is 4.99 Å². The average molecular weight is 190 g/mol. The molecule has 0 atom stereocenters. The first-order chi connectivity index (χ1) is 6.74. The van der Waals surface area contributed by atoms with E-state index in [0.29, 0.717) is 0 Å². The van der Waals surface area contributed by atoms with E-state index >= 15 is 0 Å². The topological polar surface area (TPSA) is 24.4 Å². The molecule has 0 radical (unpaired) electrons. The van der Waals surface area contributed by atoms with Gasteiger partial charge < -0.3 is 5.32 Å². The second-order valence-corrected chi connectivity index (χ2v) is 3.62. The third-order valence-corrected chi connectivity index (χ3v) is 2.18. The monoisotopic (exact) mass is 190 g/mol. The fourth-order valence-corrected chi connectivity index (χ4v) is 1.12. The summed E-state index contributed by atoms with van der Waals surface area (Å²) in [5.41, 5.74) is 2.42. The van der Waals surface area contributed by atoms with Crippen molar-refractivity contribution in [2.75, 3.05) is 7.05 Å². The fraction of sp³-hybridized carbons (Fsp3) is 0.417. The lowest BCUT2D eigenvalue weighted by Gasteiger charge is -1.95. The maximum Gasteiger partial charge on any atom is 0.0859 e. The standard InChI is InChI=1S/C12H18N2/c1-10(8-14-9-13-3)4-5-11(2)12-6-7-12/h4-5,8-9,12H,2,6-7H2,1,3H3,(H,13,14)/b5-4-,10-8+. The maximum atomic E-state index is 4.02. The lowest BCUT2D eigenvalue weighted by atomic mass is 10.1. The average Bonchev–Trinajstić information content (AvgIpc) is 2.98. The van der Waals surface area contributed by atoms with E-state index < -0.39 is 0 Å². The van der Waals surface area contributed by atoms with E-state index in [1.54, 1.807) is 13.4 Å². The van der Waals surface area contributed by atoms with Gasteiger partial charge in [-0.25, -0.2) is 0 Å². The van der Waals surface area contributed by atoms with Crippen LogP contribution in [-0.4, -0.2) is 13.4 Å². The second kappa shape index (κ2) is 5.43. The number of aliphatic imine (C=N–C) groups is 1. The molecule has 2 heteroatoms. The zero-order chi connectivity index (χ0) is 10.4. The SMILES string of the molecule is C=C(/C=C\C(C)=C\NC=NC)C1CC1. The number of rotatable bonds is 5. The molecular formula is C12H18N2. The van der Waals surface area contributed by atoms with Crippen molar-refractivity contribution in [3.63, 3.8) is 0 Å². The van der Waals surface area contributed by atoms with E-state index in [9.17, 15) is 0 Å². The van der Waals surface area contributed by atoms with Crippen LogP contribution in [0.2, 0.25) is 0 Å². The molecule has 1 aliphatic rings. The van der Waals surface area contributed by atoms with E-state index in [-0.39, 0.29) is 0 Å². The number of hydrogen-bond donors (Lipinski definition) is 1. The minimum absolute atomic E-state index is 0.754. The van der Waals surface area contributed by atoms with Gasteiger partial charge in [0.05, 0.1) is 6.34 Å².